The van der Waals surface area contributed by atoms with Gasteiger partial charge in [-0.15, -0.1) is 0 Å². The number of hydrogen-bond donors (Lipinski definition) is 3. The molecule has 12 heavy (non-hydrogen) atoms. The fourth-order valence-corrected chi connectivity index (χ4v) is 1.49. The van der Waals surface area contributed by atoms with Gasteiger partial charge in [-0.05, 0) is 6.92 Å². The summed E-state index contributed by atoms with van der Waals surface area (Å²) in [5.74, 6) is 0. The Labute approximate surface area is 74.5 Å². The van der Waals surface area contributed by atoms with Gasteiger partial charge >= 0.3 is 0 Å². The van der Waals surface area contributed by atoms with Crippen LogP contribution in [0, 0.1) is 0 Å². The maximum absolute atomic E-state index is 5.41. The second-order valence-electron chi connectivity index (χ2n) is 3.20. The predicted molar refractivity (Wildman–Crippen MR) is 51.0 cm³/mol. The van der Waals surface area contributed by atoms with Gasteiger partial charge in [-0.3, -0.25) is 4.90 Å². The molecule has 4 N–H and O–H groups in total. The average Bonchev–Trinajstić information content (AvgIpc) is 2.15. The number of nitrogens with one attached hydrogen (secondary N) is 2. The zero-order valence-electron chi connectivity index (χ0n) is 7.84. The Kier molecular flexibility index (Phi) is 4.53. The molecule has 0 aromatic rings. The smallest absolute Gasteiger partial charge is 0.0569 e. The van der Waals surface area contributed by atoms with Crippen molar-refractivity contribution in [2.75, 3.05) is 39.3 Å². The van der Waals surface area contributed by atoms with Crippen LogP contribution in [0.3, 0.4) is 0 Å². The average molecular weight is 172 g/mol. The van der Waals surface area contributed by atoms with Gasteiger partial charge in [-0.2, -0.15) is 0 Å². The summed E-state index contributed by atoms with van der Waals surface area (Å²) in [5.41, 5.74) is 5.41. The number of nitrogens with zero attached hydrogens (tertiary/aromatic N) is 1. The van der Waals surface area contributed by atoms with Crippen molar-refractivity contribution in [1.29, 1.82) is 0 Å². The van der Waals surface area contributed by atoms with Crippen LogP contribution in [0.15, 0.2) is 0 Å². The summed E-state index contributed by atoms with van der Waals surface area (Å²) >= 11 is 0. The maximum Gasteiger partial charge on any atom is 0.0569 e. The van der Waals surface area contributed by atoms with E-state index >= 15 is 0 Å². The van der Waals surface area contributed by atoms with Crippen molar-refractivity contribution in [2.45, 2.75) is 13.1 Å². The lowest BCUT2D eigenvalue weighted by Gasteiger charge is -2.33. The normalized spacial score (nSPS) is 22.5. The van der Waals surface area contributed by atoms with Gasteiger partial charge < -0.3 is 16.4 Å². The molecule has 0 amide bonds. The molecule has 0 aromatic heterocycles. The topological polar surface area (TPSA) is 53.3 Å². The maximum atomic E-state index is 5.41. The van der Waals surface area contributed by atoms with Gasteiger partial charge in [0, 0.05) is 39.3 Å². The van der Waals surface area contributed by atoms with Crippen LogP contribution >= 0.6 is 0 Å². The molecule has 0 unspecified atom stereocenters. The summed E-state index contributed by atoms with van der Waals surface area (Å²) in [6.07, 6.45) is 0.468. The van der Waals surface area contributed by atoms with E-state index in [-0.39, 0.29) is 0 Å². The minimum absolute atomic E-state index is 0.468. The van der Waals surface area contributed by atoms with E-state index in [4.69, 9.17) is 5.73 Å². The molecular formula is C8H20N4. The number of hydrogen-bond acceptors (Lipinski definition) is 4. The summed E-state index contributed by atoms with van der Waals surface area (Å²) in [4.78, 5) is 2.44. The fourth-order valence-electron chi connectivity index (χ4n) is 1.49. The van der Waals surface area contributed by atoms with E-state index in [9.17, 15) is 0 Å². The molecule has 0 saturated carbocycles. The first-order valence-electron chi connectivity index (χ1n) is 4.73. The molecular weight excluding hydrogens is 152 g/mol. The van der Waals surface area contributed by atoms with Crippen molar-refractivity contribution >= 4 is 0 Å². The quantitative estimate of drug-likeness (QED) is 0.498. The Bertz CT molecular complexity index is 112. The van der Waals surface area contributed by atoms with Crippen LogP contribution in [0.5, 0.6) is 0 Å². The minimum atomic E-state index is 0.468. The van der Waals surface area contributed by atoms with Gasteiger partial charge in [0.1, 0.15) is 0 Å². The highest BCUT2D eigenvalue weighted by atomic mass is 15.3. The third kappa shape index (κ3) is 3.06. The van der Waals surface area contributed by atoms with Crippen molar-refractivity contribution in [2.24, 2.45) is 5.73 Å². The SMILES string of the molecule is C[C@@H](NCCN)N1CCNCC1. The van der Waals surface area contributed by atoms with E-state index in [1.165, 1.54) is 0 Å². The molecule has 1 aliphatic heterocycles. The van der Waals surface area contributed by atoms with Gasteiger partial charge in [0.05, 0.1) is 6.17 Å². The Hall–Kier alpha value is -0.160. The first-order chi connectivity index (χ1) is 5.84. The van der Waals surface area contributed by atoms with Crippen molar-refractivity contribution < 1.29 is 0 Å². The van der Waals surface area contributed by atoms with Gasteiger partial charge in [0.15, 0.2) is 0 Å². The Balaban J connectivity index is 2.15. The molecule has 0 spiro atoms. The Morgan fingerprint density at radius 1 is 1.50 bits per heavy atom. The van der Waals surface area contributed by atoms with Crippen LogP contribution in [0.25, 0.3) is 0 Å². The van der Waals surface area contributed by atoms with Gasteiger partial charge in [-0.1, -0.05) is 0 Å². The van der Waals surface area contributed by atoms with Gasteiger partial charge in [-0.25, -0.2) is 0 Å². The standard InChI is InChI=1S/C8H20N4/c1-8(11-3-2-9)12-6-4-10-5-7-12/h8,10-11H,2-7,9H2,1H3/t8-/m0/s1. The second kappa shape index (κ2) is 5.48. The van der Waals surface area contributed by atoms with Crippen LogP contribution in [-0.2, 0) is 0 Å². The number of rotatable bonds is 4. The zero-order chi connectivity index (χ0) is 8.81. The second-order valence-corrected chi connectivity index (χ2v) is 3.20. The molecule has 0 bridgehead atoms. The van der Waals surface area contributed by atoms with E-state index < -0.39 is 0 Å². The van der Waals surface area contributed by atoms with E-state index in [1.807, 2.05) is 0 Å². The highest BCUT2D eigenvalue weighted by molar-refractivity contribution is 4.71. The third-order valence-electron chi connectivity index (χ3n) is 2.28. The molecule has 1 aliphatic rings. The Morgan fingerprint density at radius 2 is 2.17 bits per heavy atom. The summed E-state index contributed by atoms with van der Waals surface area (Å²) < 4.78 is 0. The minimum Gasteiger partial charge on any atom is -0.329 e. The van der Waals surface area contributed by atoms with E-state index in [0.29, 0.717) is 6.17 Å². The number of nitrogens with two attached hydrogens (primary N) is 1. The third-order valence-corrected chi connectivity index (χ3v) is 2.28. The Morgan fingerprint density at radius 3 is 2.75 bits per heavy atom. The molecule has 1 saturated heterocycles. The lowest BCUT2D eigenvalue weighted by molar-refractivity contribution is 0.159. The first-order valence-corrected chi connectivity index (χ1v) is 4.73. The molecule has 1 fully saturated rings. The van der Waals surface area contributed by atoms with Gasteiger partial charge in [0.2, 0.25) is 0 Å². The predicted octanol–water partition coefficient (Wildman–Crippen LogP) is -1.21. The number of piperazine rings is 1. The summed E-state index contributed by atoms with van der Waals surface area (Å²) in [5, 5.41) is 6.71. The molecule has 4 heteroatoms. The van der Waals surface area contributed by atoms with Crippen LogP contribution in [-0.4, -0.2) is 50.3 Å². The van der Waals surface area contributed by atoms with E-state index in [1.54, 1.807) is 0 Å². The van der Waals surface area contributed by atoms with Crippen molar-refractivity contribution in [3.63, 3.8) is 0 Å². The van der Waals surface area contributed by atoms with Crippen molar-refractivity contribution in [3.05, 3.63) is 0 Å². The van der Waals surface area contributed by atoms with Gasteiger partial charge in [0.25, 0.3) is 0 Å². The van der Waals surface area contributed by atoms with Crippen molar-refractivity contribution in [1.82, 2.24) is 15.5 Å². The largest absolute Gasteiger partial charge is 0.329 e. The lowest BCUT2D eigenvalue weighted by Crippen LogP contribution is -2.53. The highest BCUT2D eigenvalue weighted by Crippen LogP contribution is 1.96. The van der Waals surface area contributed by atoms with Crippen LogP contribution in [0.2, 0.25) is 0 Å². The molecule has 4 nitrogen and oxygen atoms in total. The van der Waals surface area contributed by atoms with E-state index in [0.717, 1.165) is 39.3 Å². The molecule has 1 atom stereocenters. The van der Waals surface area contributed by atoms with Crippen LogP contribution < -0.4 is 16.4 Å². The molecule has 0 radical (unpaired) electrons. The first kappa shape index (κ1) is 9.92. The summed E-state index contributed by atoms with van der Waals surface area (Å²) in [7, 11) is 0. The molecule has 1 rings (SSSR count). The molecule has 0 aromatic carbocycles. The summed E-state index contributed by atoms with van der Waals surface area (Å²) in [6, 6.07) is 0. The molecule has 72 valence electrons. The van der Waals surface area contributed by atoms with Crippen LogP contribution in [0.4, 0.5) is 0 Å². The van der Waals surface area contributed by atoms with Crippen LogP contribution in [0.1, 0.15) is 6.92 Å². The lowest BCUT2D eigenvalue weighted by atomic mass is 10.3. The summed E-state index contributed by atoms with van der Waals surface area (Å²) in [6.45, 7) is 8.31. The fraction of sp³-hybridized carbons (Fsp3) is 1.00. The molecule has 0 aliphatic carbocycles. The van der Waals surface area contributed by atoms with E-state index in [2.05, 4.69) is 22.5 Å². The monoisotopic (exact) mass is 172 g/mol. The van der Waals surface area contributed by atoms with Crippen molar-refractivity contribution in [3.8, 4) is 0 Å². The molecule has 1 heterocycles. The highest BCUT2D eigenvalue weighted by Gasteiger charge is 2.14. The zero-order valence-corrected chi connectivity index (χ0v) is 7.84.